The molecule has 0 heterocycles. The van der Waals surface area contributed by atoms with E-state index in [1.807, 2.05) is 13.8 Å². The van der Waals surface area contributed by atoms with E-state index in [9.17, 15) is 26.8 Å². The van der Waals surface area contributed by atoms with E-state index in [2.05, 4.69) is 5.32 Å². The molecule has 3 aromatic rings. The number of halogens is 2. The third-order valence-corrected chi connectivity index (χ3v) is 7.85. The number of amides is 2. The van der Waals surface area contributed by atoms with Gasteiger partial charge in [-0.25, -0.2) is 17.2 Å². The topological polar surface area (TPSA) is 86.8 Å². The van der Waals surface area contributed by atoms with E-state index in [1.54, 1.807) is 25.1 Å². The number of benzene rings is 3. The lowest BCUT2D eigenvalue weighted by Gasteiger charge is -2.33. The maximum Gasteiger partial charge on any atom is 0.264 e. The van der Waals surface area contributed by atoms with E-state index < -0.39 is 40.2 Å². The lowest BCUT2D eigenvalue weighted by Crippen LogP contribution is -2.52. The minimum absolute atomic E-state index is 0.0463. The van der Waals surface area contributed by atoms with Crippen LogP contribution in [0.5, 0.6) is 0 Å². The van der Waals surface area contributed by atoms with Gasteiger partial charge in [-0.3, -0.25) is 13.9 Å². The second-order valence-corrected chi connectivity index (χ2v) is 11.4. The highest BCUT2D eigenvalue weighted by molar-refractivity contribution is 7.92. The number of hydrogen-bond acceptors (Lipinski definition) is 4. The van der Waals surface area contributed by atoms with Crippen LogP contribution < -0.4 is 9.62 Å². The third-order valence-electron chi connectivity index (χ3n) is 6.06. The molecule has 0 saturated carbocycles. The predicted octanol–water partition coefficient (Wildman–Crippen LogP) is 4.74. The molecule has 0 radical (unpaired) electrons. The van der Waals surface area contributed by atoms with Gasteiger partial charge in [-0.1, -0.05) is 51.1 Å². The normalized spacial score (nSPS) is 12.2. The molecule has 39 heavy (non-hydrogen) atoms. The maximum atomic E-state index is 13.9. The molecule has 3 rings (SSSR count). The highest BCUT2D eigenvalue weighted by atomic mass is 32.2. The van der Waals surface area contributed by atoms with Crippen LogP contribution in [0.15, 0.2) is 83.8 Å². The van der Waals surface area contributed by atoms with Crippen molar-refractivity contribution < 1.29 is 26.8 Å². The van der Waals surface area contributed by atoms with E-state index in [-0.39, 0.29) is 35.4 Å². The first kappa shape index (κ1) is 29.8. The maximum absolute atomic E-state index is 13.9. The smallest absolute Gasteiger partial charge is 0.264 e. The van der Waals surface area contributed by atoms with Gasteiger partial charge in [0.25, 0.3) is 10.0 Å². The molecule has 0 aliphatic carbocycles. The molecule has 0 saturated heterocycles. The van der Waals surface area contributed by atoms with Gasteiger partial charge < -0.3 is 10.2 Å². The van der Waals surface area contributed by atoms with E-state index in [0.29, 0.717) is 12.1 Å². The Morgan fingerprint density at radius 2 is 1.44 bits per heavy atom. The summed E-state index contributed by atoms with van der Waals surface area (Å²) in [6.45, 7) is 5.35. The molecule has 0 bridgehead atoms. The van der Waals surface area contributed by atoms with Crippen LogP contribution in [0, 0.1) is 17.6 Å². The number of carbonyl (C=O) groups excluding carboxylic acids is 2. The average molecular weight is 558 g/mol. The summed E-state index contributed by atoms with van der Waals surface area (Å²) < 4.78 is 55.5. The van der Waals surface area contributed by atoms with Crippen LogP contribution in [0.3, 0.4) is 0 Å². The second-order valence-electron chi connectivity index (χ2n) is 9.51. The Hall–Kier alpha value is -3.79. The van der Waals surface area contributed by atoms with Crippen LogP contribution in [0.4, 0.5) is 14.5 Å². The van der Waals surface area contributed by atoms with Gasteiger partial charge in [0.1, 0.15) is 24.2 Å². The summed E-state index contributed by atoms with van der Waals surface area (Å²) in [5.41, 5.74) is 0.659. The van der Waals surface area contributed by atoms with Crippen LogP contribution in [-0.2, 0) is 26.2 Å². The van der Waals surface area contributed by atoms with Crippen molar-refractivity contribution >= 4 is 27.5 Å². The van der Waals surface area contributed by atoms with Gasteiger partial charge in [-0.05, 0) is 66.4 Å². The zero-order chi connectivity index (χ0) is 28.6. The quantitative estimate of drug-likeness (QED) is 0.349. The lowest BCUT2D eigenvalue weighted by molar-refractivity contribution is -0.140. The number of nitrogens with zero attached hydrogens (tertiary/aromatic N) is 2. The van der Waals surface area contributed by atoms with Gasteiger partial charge in [0, 0.05) is 13.1 Å². The fourth-order valence-electron chi connectivity index (χ4n) is 3.98. The van der Waals surface area contributed by atoms with Crippen molar-refractivity contribution in [2.75, 3.05) is 17.4 Å². The first-order valence-corrected chi connectivity index (χ1v) is 14.1. The second kappa shape index (κ2) is 13.3. The largest absolute Gasteiger partial charge is 0.354 e. The fraction of sp³-hybridized carbons (Fsp3) is 0.310. The van der Waals surface area contributed by atoms with Crippen LogP contribution in [0.25, 0.3) is 0 Å². The zero-order valence-corrected chi connectivity index (χ0v) is 23.0. The Balaban J connectivity index is 2.02. The van der Waals surface area contributed by atoms with Crippen molar-refractivity contribution in [1.82, 2.24) is 10.2 Å². The molecule has 0 aliphatic rings. The fourth-order valence-corrected chi connectivity index (χ4v) is 5.42. The molecule has 0 aliphatic heterocycles. The minimum Gasteiger partial charge on any atom is -0.354 e. The summed E-state index contributed by atoms with van der Waals surface area (Å²) in [5, 5.41) is 2.84. The van der Waals surface area contributed by atoms with Crippen molar-refractivity contribution in [2.24, 2.45) is 5.92 Å². The van der Waals surface area contributed by atoms with Crippen molar-refractivity contribution in [3.05, 3.63) is 96.1 Å². The average Bonchev–Trinajstić information content (AvgIpc) is 2.92. The van der Waals surface area contributed by atoms with E-state index >= 15 is 0 Å². The van der Waals surface area contributed by atoms with Crippen LogP contribution >= 0.6 is 0 Å². The van der Waals surface area contributed by atoms with E-state index in [4.69, 9.17) is 0 Å². The molecule has 0 aromatic heterocycles. The van der Waals surface area contributed by atoms with Crippen LogP contribution in [0.2, 0.25) is 0 Å². The Labute approximate surface area is 228 Å². The molecule has 2 amide bonds. The first-order valence-electron chi connectivity index (χ1n) is 12.7. The Kier molecular flexibility index (Phi) is 10.2. The van der Waals surface area contributed by atoms with Gasteiger partial charge in [0.2, 0.25) is 11.8 Å². The summed E-state index contributed by atoms with van der Waals surface area (Å²) in [6.07, 6.45) is 0.263. The van der Waals surface area contributed by atoms with Gasteiger partial charge >= 0.3 is 0 Å². The summed E-state index contributed by atoms with van der Waals surface area (Å²) in [6, 6.07) is 17.0. The highest BCUT2D eigenvalue weighted by Gasteiger charge is 2.33. The lowest BCUT2D eigenvalue weighted by atomic mass is 10.1. The van der Waals surface area contributed by atoms with Crippen molar-refractivity contribution in [2.45, 2.75) is 44.7 Å². The number of rotatable bonds is 12. The molecule has 0 fully saturated rings. The Morgan fingerprint density at radius 3 is 1.97 bits per heavy atom. The molecule has 1 atom stereocenters. The summed E-state index contributed by atoms with van der Waals surface area (Å²) in [7, 11) is -4.23. The number of anilines is 1. The van der Waals surface area contributed by atoms with Crippen LogP contribution in [0.1, 0.15) is 32.8 Å². The number of sulfonamides is 1. The Morgan fingerprint density at radius 1 is 0.872 bits per heavy atom. The summed E-state index contributed by atoms with van der Waals surface area (Å²) in [4.78, 5) is 28.3. The van der Waals surface area contributed by atoms with Gasteiger partial charge in [-0.15, -0.1) is 0 Å². The standard InChI is InChI=1S/C29H33F2N3O4S/c1-4-27(29(36)32-18-21(2)3)33(19-22-10-12-23(30)13-11-22)28(35)20-34(25-16-14-24(31)15-17-25)39(37,38)26-8-6-5-7-9-26/h5-17,21,27H,4,18-20H2,1-3H3,(H,32,36)/t27-/m1/s1. The highest BCUT2D eigenvalue weighted by Crippen LogP contribution is 2.25. The molecule has 0 unspecified atom stereocenters. The summed E-state index contributed by atoms with van der Waals surface area (Å²) >= 11 is 0. The zero-order valence-electron chi connectivity index (χ0n) is 22.2. The summed E-state index contributed by atoms with van der Waals surface area (Å²) in [5.74, 6) is -1.85. The molecule has 3 aromatic carbocycles. The molecule has 7 nitrogen and oxygen atoms in total. The molecule has 208 valence electrons. The Bertz CT molecular complexity index is 1350. The van der Waals surface area contributed by atoms with Gasteiger partial charge in [0.05, 0.1) is 10.6 Å². The van der Waals surface area contributed by atoms with Crippen LogP contribution in [-0.4, -0.2) is 44.3 Å². The van der Waals surface area contributed by atoms with Gasteiger partial charge in [-0.2, -0.15) is 0 Å². The minimum atomic E-state index is -4.23. The van der Waals surface area contributed by atoms with Gasteiger partial charge in [0.15, 0.2) is 0 Å². The third kappa shape index (κ3) is 7.86. The SMILES string of the molecule is CC[C@H](C(=O)NCC(C)C)N(Cc1ccc(F)cc1)C(=O)CN(c1ccc(F)cc1)S(=O)(=O)c1ccccc1. The molecule has 10 heteroatoms. The molecule has 1 N–H and O–H groups in total. The number of hydrogen-bond donors (Lipinski definition) is 1. The van der Waals surface area contributed by atoms with E-state index in [0.717, 1.165) is 16.4 Å². The van der Waals surface area contributed by atoms with Crippen molar-refractivity contribution in [3.8, 4) is 0 Å². The number of carbonyl (C=O) groups is 2. The first-order chi connectivity index (χ1) is 18.5. The van der Waals surface area contributed by atoms with E-state index in [1.165, 1.54) is 53.4 Å². The molecular weight excluding hydrogens is 524 g/mol. The monoisotopic (exact) mass is 557 g/mol. The molecule has 0 spiro atoms. The molecular formula is C29H33F2N3O4S. The van der Waals surface area contributed by atoms with Crippen molar-refractivity contribution in [3.63, 3.8) is 0 Å². The van der Waals surface area contributed by atoms with Crippen molar-refractivity contribution in [1.29, 1.82) is 0 Å². The number of nitrogens with one attached hydrogen (secondary N) is 1. The predicted molar refractivity (Wildman–Crippen MR) is 146 cm³/mol.